The number of halogens is 3. The Hall–Kier alpha value is -3.31. The van der Waals surface area contributed by atoms with E-state index in [9.17, 15) is 32.3 Å². The topological polar surface area (TPSA) is 102 Å². The van der Waals surface area contributed by atoms with Crippen LogP contribution < -0.4 is 0 Å². The Labute approximate surface area is 220 Å². The predicted octanol–water partition coefficient (Wildman–Crippen LogP) is 4.18. The van der Waals surface area contributed by atoms with Gasteiger partial charge < -0.3 is 24.0 Å². The molecule has 1 saturated heterocycles. The van der Waals surface area contributed by atoms with E-state index < -0.39 is 59.7 Å². The highest BCUT2D eigenvalue weighted by Crippen LogP contribution is 2.31. The molecule has 0 saturated carbocycles. The molecule has 0 aliphatic carbocycles. The van der Waals surface area contributed by atoms with Crippen molar-refractivity contribution in [2.24, 2.45) is 5.92 Å². The molecule has 0 spiro atoms. The largest absolute Gasteiger partial charge is 0.466 e. The third-order valence-electron chi connectivity index (χ3n) is 5.77. The first-order valence-electron chi connectivity index (χ1n) is 12.4. The van der Waals surface area contributed by atoms with Crippen LogP contribution in [0.25, 0.3) is 0 Å². The van der Waals surface area contributed by atoms with Gasteiger partial charge in [0.25, 0.3) is 0 Å². The summed E-state index contributed by atoms with van der Waals surface area (Å²) in [6, 6.07) is 3.48. The first kappa shape index (κ1) is 30.9. The number of ether oxygens (including phenoxy) is 3. The maximum Gasteiger partial charge on any atom is 0.416 e. The van der Waals surface area contributed by atoms with Gasteiger partial charge in [-0.05, 0) is 58.7 Å². The molecule has 9 nitrogen and oxygen atoms in total. The zero-order valence-corrected chi connectivity index (χ0v) is 22.3. The SMILES string of the molecule is CCOC(=O)CC(=O)N(Cc1ccc(C(F)(F)F)cc1)C1CCN(C(=O)OC(C)(C)C)CC1C(=O)OCC. The summed E-state index contributed by atoms with van der Waals surface area (Å²) in [4.78, 5) is 53.7. The third kappa shape index (κ3) is 8.91. The summed E-state index contributed by atoms with van der Waals surface area (Å²) >= 11 is 0. The molecular weight excluding hydrogens is 509 g/mol. The van der Waals surface area contributed by atoms with E-state index in [0.717, 1.165) is 12.1 Å². The van der Waals surface area contributed by atoms with E-state index in [1.807, 2.05) is 0 Å². The van der Waals surface area contributed by atoms with Gasteiger partial charge in [0.1, 0.15) is 12.0 Å². The number of carbonyl (C=O) groups is 4. The standard InChI is InChI=1S/C26H35F3N2O7/c1-6-36-22(33)14-21(32)31(15-17-8-10-18(11-9-17)26(27,28)29)20-12-13-30(24(35)38-25(3,4)5)16-19(20)23(34)37-7-2/h8-11,19-20H,6-7,12-16H2,1-5H3. The number of alkyl halides is 3. The fourth-order valence-electron chi connectivity index (χ4n) is 4.11. The second-order valence-electron chi connectivity index (χ2n) is 9.84. The van der Waals surface area contributed by atoms with Crippen LogP contribution in [0.5, 0.6) is 0 Å². The van der Waals surface area contributed by atoms with E-state index in [-0.39, 0.29) is 39.3 Å². The Morgan fingerprint density at radius 3 is 2.13 bits per heavy atom. The molecule has 1 aromatic rings. The molecule has 2 unspecified atom stereocenters. The summed E-state index contributed by atoms with van der Waals surface area (Å²) in [6.07, 6.45) is -5.62. The molecule has 1 aliphatic rings. The average Bonchev–Trinajstić information content (AvgIpc) is 2.81. The summed E-state index contributed by atoms with van der Waals surface area (Å²) in [7, 11) is 0. The minimum absolute atomic E-state index is 0.0597. The first-order valence-corrected chi connectivity index (χ1v) is 12.4. The highest BCUT2D eigenvalue weighted by Gasteiger charge is 2.43. The molecule has 2 rings (SSSR count). The van der Waals surface area contributed by atoms with Gasteiger partial charge in [0.05, 0.1) is 24.7 Å². The summed E-state index contributed by atoms with van der Waals surface area (Å²) < 4.78 is 54.6. The van der Waals surface area contributed by atoms with Crippen molar-refractivity contribution in [3.63, 3.8) is 0 Å². The average molecular weight is 545 g/mol. The van der Waals surface area contributed by atoms with Gasteiger partial charge in [-0.1, -0.05) is 12.1 Å². The zero-order valence-electron chi connectivity index (χ0n) is 22.3. The molecule has 1 heterocycles. The molecule has 212 valence electrons. The number of benzene rings is 1. The van der Waals surface area contributed by atoms with E-state index in [4.69, 9.17) is 14.2 Å². The van der Waals surface area contributed by atoms with Crippen molar-refractivity contribution in [1.82, 2.24) is 9.80 Å². The van der Waals surface area contributed by atoms with Crippen LogP contribution in [-0.4, -0.2) is 71.7 Å². The molecule has 38 heavy (non-hydrogen) atoms. The minimum atomic E-state index is -4.53. The van der Waals surface area contributed by atoms with E-state index in [1.54, 1.807) is 34.6 Å². The van der Waals surface area contributed by atoms with E-state index in [2.05, 4.69) is 0 Å². The Morgan fingerprint density at radius 1 is 1.00 bits per heavy atom. The highest BCUT2D eigenvalue weighted by atomic mass is 19.4. The van der Waals surface area contributed by atoms with Crippen LogP contribution in [0.2, 0.25) is 0 Å². The number of rotatable bonds is 8. The zero-order chi connectivity index (χ0) is 28.7. The van der Waals surface area contributed by atoms with Gasteiger partial charge in [-0.25, -0.2) is 4.79 Å². The summed E-state index contributed by atoms with van der Waals surface area (Å²) in [5.74, 6) is -3.05. The van der Waals surface area contributed by atoms with Crippen molar-refractivity contribution in [1.29, 1.82) is 0 Å². The number of nitrogens with zero attached hydrogens (tertiary/aromatic N) is 2. The summed E-state index contributed by atoms with van der Waals surface area (Å²) in [5, 5.41) is 0. The number of hydrogen-bond acceptors (Lipinski definition) is 7. The van der Waals surface area contributed by atoms with Crippen molar-refractivity contribution >= 4 is 23.9 Å². The number of esters is 2. The summed E-state index contributed by atoms with van der Waals surface area (Å²) in [5.41, 5.74) is -1.24. The maximum atomic E-state index is 13.3. The highest BCUT2D eigenvalue weighted by molar-refractivity contribution is 5.94. The van der Waals surface area contributed by atoms with Crippen molar-refractivity contribution in [3.8, 4) is 0 Å². The van der Waals surface area contributed by atoms with Crippen LogP contribution in [0, 0.1) is 5.92 Å². The van der Waals surface area contributed by atoms with E-state index in [0.29, 0.717) is 5.56 Å². The van der Waals surface area contributed by atoms with Gasteiger partial charge in [0.2, 0.25) is 5.91 Å². The normalized spacial score (nSPS) is 17.9. The quantitative estimate of drug-likeness (QED) is 0.275. The summed E-state index contributed by atoms with van der Waals surface area (Å²) in [6.45, 7) is 8.33. The van der Waals surface area contributed by atoms with Gasteiger partial charge in [0.15, 0.2) is 0 Å². The van der Waals surface area contributed by atoms with Crippen molar-refractivity contribution < 1.29 is 46.6 Å². The molecule has 2 amide bonds. The Bertz CT molecular complexity index is 990. The van der Waals surface area contributed by atoms with E-state index >= 15 is 0 Å². The number of piperidine rings is 1. The molecule has 1 fully saturated rings. The fourth-order valence-corrected chi connectivity index (χ4v) is 4.11. The molecule has 0 N–H and O–H groups in total. The fraction of sp³-hybridized carbons (Fsp3) is 0.615. The minimum Gasteiger partial charge on any atom is -0.466 e. The lowest BCUT2D eigenvalue weighted by Gasteiger charge is -2.42. The lowest BCUT2D eigenvalue weighted by Crippen LogP contribution is -2.57. The van der Waals surface area contributed by atoms with Crippen LogP contribution in [0.1, 0.15) is 58.6 Å². The Balaban J connectivity index is 2.39. The Morgan fingerprint density at radius 2 is 1.61 bits per heavy atom. The van der Waals surface area contributed by atoms with Gasteiger partial charge in [0, 0.05) is 25.7 Å². The molecule has 0 radical (unpaired) electrons. The second kappa shape index (κ2) is 13.0. The van der Waals surface area contributed by atoms with Crippen molar-refractivity contribution in [3.05, 3.63) is 35.4 Å². The van der Waals surface area contributed by atoms with Crippen LogP contribution in [-0.2, 0) is 41.3 Å². The monoisotopic (exact) mass is 544 g/mol. The molecular formula is C26H35F3N2O7. The van der Waals surface area contributed by atoms with Gasteiger partial charge in [-0.3, -0.25) is 14.4 Å². The first-order chi connectivity index (χ1) is 17.7. The maximum absolute atomic E-state index is 13.3. The lowest BCUT2D eigenvalue weighted by molar-refractivity contribution is -0.156. The number of likely N-dealkylation sites (tertiary alicyclic amines) is 1. The van der Waals surface area contributed by atoms with Crippen molar-refractivity contribution in [2.75, 3.05) is 26.3 Å². The molecule has 1 aliphatic heterocycles. The number of amides is 2. The molecule has 1 aromatic carbocycles. The third-order valence-corrected chi connectivity index (χ3v) is 5.77. The van der Waals surface area contributed by atoms with E-state index in [1.165, 1.54) is 21.9 Å². The van der Waals surface area contributed by atoms with Gasteiger partial charge in [-0.2, -0.15) is 13.2 Å². The van der Waals surface area contributed by atoms with Crippen molar-refractivity contribution in [2.45, 2.75) is 71.8 Å². The van der Waals surface area contributed by atoms with Crippen LogP contribution in [0.4, 0.5) is 18.0 Å². The Kier molecular flexibility index (Phi) is 10.5. The van der Waals surface area contributed by atoms with Crippen LogP contribution in [0.3, 0.4) is 0 Å². The number of hydrogen-bond donors (Lipinski definition) is 0. The molecule has 0 bridgehead atoms. The second-order valence-corrected chi connectivity index (χ2v) is 9.84. The van der Waals surface area contributed by atoms with Gasteiger partial charge >= 0.3 is 24.2 Å². The lowest BCUT2D eigenvalue weighted by atomic mass is 9.90. The molecule has 0 aromatic heterocycles. The molecule has 2 atom stereocenters. The van der Waals surface area contributed by atoms with Gasteiger partial charge in [-0.15, -0.1) is 0 Å². The van der Waals surface area contributed by atoms with Crippen LogP contribution >= 0.6 is 0 Å². The predicted molar refractivity (Wildman–Crippen MR) is 130 cm³/mol. The number of carbonyl (C=O) groups excluding carboxylic acids is 4. The smallest absolute Gasteiger partial charge is 0.416 e. The molecule has 12 heteroatoms. The van der Waals surface area contributed by atoms with Crippen LogP contribution in [0.15, 0.2) is 24.3 Å².